The summed E-state index contributed by atoms with van der Waals surface area (Å²) in [5.74, 6) is 0.804. The highest BCUT2D eigenvalue weighted by Gasteiger charge is 2.11. The zero-order chi connectivity index (χ0) is 10.8. The van der Waals surface area contributed by atoms with Crippen LogP contribution in [0.25, 0.3) is 10.9 Å². The molecule has 2 rings (SSSR count). The summed E-state index contributed by atoms with van der Waals surface area (Å²) in [6, 6.07) is 4.00. The largest absolute Gasteiger partial charge is 0.496 e. The number of aromatic nitrogens is 1. The molecule has 0 aliphatic rings. The first kappa shape index (κ1) is 9.77. The van der Waals surface area contributed by atoms with Crippen molar-refractivity contribution in [2.75, 3.05) is 7.11 Å². The summed E-state index contributed by atoms with van der Waals surface area (Å²) in [7, 11) is 1.63. The minimum atomic E-state index is 0.650. The lowest BCUT2D eigenvalue weighted by atomic mass is 10.1. The summed E-state index contributed by atoms with van der Waals surface area (Å²) in [6.07, 6.45) is 3.45. The fourth-order valence-electron chi connectivity index (χ4n) is 1.86. The molecular formula is C12H13NO2. The second kappa shape index (κ2) is 3.77. The number of carbonyl (C=O) groups is 1. The number of carbonyl (C=O) groups excluding carboxylic acids is 1. The van der Waals surface area contributed by atoms with E-state index in [0.29, 0.717) is 5.56 Å². The first-order valence-electron chi connectivity index (χ1n) is 4.94. The van der Waals surface area contributed by atoms with Gasteiger partial charge >= 0.3 is 0 Å². The van der Waals surface area contributed by atoms with Crippen molar-refractivity contribution in [3.05, 3.63) is 29.5 Å². The molecule has 0 bridgehead atoms. The van der Waals surface area contributed by atoms with Gasteiger partial charge in [-0.05, 0) is 18.1 Å². The fourth-order valence-corrected chi connectivity index (χ4v) is 1.86. The van der Waals surface area contributed by atoms with Crippen molar-refractivity contribution >= 4 is 17.2 Å². The molecule has 0 radical (unpaired) electrons. The third kappa shape index (κ3) is 1.40. The van der Waals surface area contributed by atoms with Gasteiger partial charge in [0.05, 0.1) is 12.5 Å². The minimum Gasteiger partial charge on any atom is -0.496 e. The molecule has 0 saturated heterocycles. The number of ether oxygens (including phenoxy) is 1. The van der Waals surface area contributed by atoms with E-state index in [9.17, 15) is 4.79 Å². The van der Waals surface area contributed by atoms with Crippen LogP contribution in [0.2, 0.25) is 0 Å². The van der Waals surface area contributed by atoms with Gasteiger partial charge in [-0.3, -0.25) is 4.79 Å². The number of hydrogen-bond donors (Lipinski definition) is 1. The molecular weight excluding hydrogens is 190 g/mol. The van der Waals surface area contributed by atoms with Crippen molar-refractivity contribution < 1.29 is 9.53 Å². The second-order valence-electron chi connectivity index (χ2n) is 3.40. The molecule has 2 aromatic rings. The highest BCUT2D eigenvalue weighted by Crippen LogP contribution is 2.31. The Balaban J connectivity index is 2.82. The SMILES string of the molecule is CCc1ccc2[nH]cc(C=O)c2c1OC. The molecule has 1 aromatic carbocycles. The zero-order valence-electron chi connectivity index (χ0n) is 8.83. The van der Waals surface area contributed by atoms with E-state index in [4.69, 9.17) is 4.74 Å². The van der Waals surface area contributed by atoms with Crippen LogP contribution in [0.5, 0.6) is 5.75 Å². The van der Waals surface area contributed by atoms with Gasteiger partial charge in [0.1, 0.15) is 5.75 Å². The highest BCUT2D eigenvalue weighted by molar-refractivity contribution is 6.01. The number of rotatable bonds is 3. The van der Waals surface area contributed by atoms with Crippen molar-refractivity contribution in [3.63, 3.8) is 0 Å². The molecule has 0 fully saturated rings. The van der Waals surface area contributed by atoms with E-state index >= 15 is 0 Å². The number of aldehydes is 1. The van der Waals surface area contributed by atoms with Crippen molar-refractivity contribution in [2.45, 2.75) is 13.3 Å². The summed E-state index contributed by atoms with van der Waals surface area (Å²) >= 11 is 0. The monoisotopic (exact) mass is 203 g/mol. The van der Waals surface area contributed by atoms with E-state index in [1.165, 1.54) is 0 Å². The average Bonchev–Trinajstić information content (AvgIpc) is 2.70. The molecule has 0 saturated carbocycles. The molecule has 0 unspecified atom stereocenters. The molecule has 1 aromatic heterocycles. The second-order valence-corrected chi connectivity index (χ2v) is 3.40. The molecule has 1 heterocycles. The van der Waals surface area contributed by atoms with Gasteiger partial charge in [0, 0.05) is 17.3 Å². The first-order chi connectivity index (χ1) is 7.31. The van der Waals surface area contributed by atoms with Crippen LogP contribution >= 0.6 is 0 Å². The molecule has 3 heteroatoms. The number of nitrogens with one attached hydrogen (secondary N) is 1. The van der Waals surface area contributed by atoms with Crippen LogP contribution in [-0.4, -0.2) is 18.4 Å². The molecule has 1 N–H and O–H groups in total. The standard InChI is InChI=1S/C12H13NO2/c1-3-8-4-5-10-11(12(8)15-2)9(7-14)6-13-10/h4-7,13H,3H2,1-2H3. The summed E-state index contributed by atoms with van der Waals surface area (Å²) in [4.78, 5) is 13.9. The average molecular weight is 203 g/mol. The smallest absolute Gasteiger partial charge is 0.152 e. The fraction of sp³-hybridized carbons (Fsp3) is 0.250. The third-order valence-electron chi connectivity index (χ3n) is 2.62. The van der Waals surface area contributed by atoms with E-state index in [2.05, 4.69) is 11.9 Å². The van der Waals surface area contributed by atoms with Crippen LogP contribution in [0.1, 0.15) is 22.8 Å². The van der Waals surface area contributed by atoms with Gasteiger partial charge in [0.25, 0.3) is 0 Å². The van der Waals surface area contributed by atoms with Gasteiger partial charge in [-0.1, -0.05) is 13.0 Å². The quantitative estimate of drug-likeness (QED) is 0.779. The van der Waals surface area contributed by atoms with E-state index in [0.717, 1.165) is 34.9 Å². The molecule has 78 valence electrons. The number of H-pyrrole nitrogens is 1. The molecule has 0 atom stereocenters. The predicted molar refractivity (Wildman–Crippen MR) is 59.6 cm³/mol. The van der Waals surface area contributed by atoms with Crippen LogP contribution in [0.4, 0.5) is 0 Å². The Labute approximate surface area is 88.1 Å². The lowest BCUT2D eigenvalue weighted by Gasteiger charge is -2.08. The number of hydrogen-bond acceptors (Lipinski definition) is 2. The van der Waals surface area contributed by atoms with E-state index < -0.39 is 0 Å². The molecule has 0 amide bonds. The van der Waals surface area contributed by atoms with Crippen molar-refractivity contribution in [1.29, 1.82) is 0 Å². The van der Waals surface area contributed by atoms with Gasteiger partial charge in [-0.15, -0.1) is 0 Å². The van der Waals surface area contributed by atoms with Crippen molar-refractivity contribution in [2.24, 2.45) is 0 Å². The Kier molecular flexibility index (Phi) is 2.46. The number of benzene rings is 1. The van der Waals surface area contributed by atoms with Crippen LogP contribution in [0.3, 0.4) is 0 Å². The van der Waals surface area contributed by atoms with Crippen molar-refractivity contribution in [3.8, 4) is 5.75 Å². The van der Waals surface area contributed by atoms with E-state index in [1.54, 1.807) is 13.3 Å². The number of aryl methyl sites for hydroxylation is 1. The molecule has 0 aliphatic carbocycles. The van der Waals surface area contributed by atoms with Gasteiger partial charge in [-0.25, -0.2) is 0 Å². The maximum atomic E-state index is 10.9. The van der Waals surface area contributed by atoms with Crippen LogP contribution < -0.4 is 4.74 Å². The zero-order valence-corrected chi connectivity index (χ0v) is 8.83. The predicted octanol–water partition coefficient (Wildman–Crippen LogP) is 2.55. The highest BCUT2D eigenvalue weighted by atomic mass is 16.5. The summed E-state index contributed by atoms with van der Waals surface area (Å²) < 4.78 is 5.37. The maximum absolute atomic E-state index is 10.9. The van der Waals surface area contributed by atoms with Gasteiger partial charge in [-0.2, -0.15) is 0 Å². The summed E-state index contributed by atoms with van der Waals surface area (Å²) in [6.45, 7) is 2.07. The van der Waals surface area contributed by atoms with Gasteiger partial charge in [0.15, 0.2) is 6.29 Å². The molecule has 3 nitrogen and oxygen atoms in total. The van der Waals surface area contributed by atoms with Crippen LogP contribution in [0, 0.1) is 0 Å². The molecule has 15 heavy (non-hydrogen) atoms. The first-order valence-corrected chi connectivity index (χ1v) is 4.94. The minimum absolute atomic E-state index is 0.650. The van der Waals surface area contributed by atoms with Crippen molar-refractivity contribution in [1.82, 2.24) is 4.98 Å². The third-order valence-corrected chi connectivity index (χ3v) is 2.62. The Hall–Kier alpha value is -1.77. The van der Waals surface area contributed by atoms with E-state index in [-0.39, 0.29) is 0 Å². The normalized spacial score (nSPS) is 10.5. The summed E-state index contributed by atoms with van der Waals surface area (Å²) in [5.41, 5.74) is 2.70. The molecule has 0 aliphatic heterocycles. The van der Waals surface area contributed by atoms with E-state index in [1.807, 2.05) is 12.1 Å². The van der Waals surface area contributed by atoms with Crippen LogP contribution in [-0.2, 0) is 6.42 Å². The van der Waals surface area contributed by atoms with Crippen LogP contribution in [0.15, 0.2) is 18.3 Å². The Bertz CT molecular complexity index is 500. The van der Waals surface area contributed by atoms with Gasteiger partial charge in [0.2, 0.25) is 0 Å². The molecule has 0 spiro atoms. The Morgan fingerprint density at radius 1 is 1.47 bits per heavy atom. The number of methoxy groups -OCH3 is 1. The topological polar surface area (TPSA) is 42.1 Å². The lowest BCUT2D eigenvalue weighted by Crippen LogP contribution is -1.92. The maximum Gasteiger partial charge on any atom is 0.152 e. The number of fused-ring (bicyclic) bond motifs is 1. The Morgan fingerprint density at radius 3 is 2.87 bits per heavy atom. The Morgan fingerprint density at radius 2 is 2.27 bits per heavy atom. The lowest BCUT2D eigenvalue weighted by molar-refractivity contribution is 0.112. The number of aromatic amines is 1. The summed E-state index contributed by atoms with van der Waals surface area (Å²) in [5, 5.41) is 0.881. The van der Waals surface area contributed by atoms with Gasteiger partial charge < -0.3 is 9.72 Å².